The van der Waals surface area contributed by atoms with Crippen molar-refractivity contribution >= 4 is 11.8 Å². The van der Waals surface area contributed by atoms with Gasteiger partial charge in [-0.15, -0.1) is 0 Å². The Morgan fingerprint density at radius 2 is 1.59 bits per heavy atom. The predicted octanol–water partition coefficient (Wildman–Crippen LogP) is 1.43. The van der Waals surface area contributed by atoms with Crippen molar-refractivity contribution in [3.05, 3.63) is 0 Å². The molecule has 2 atom stereocenters. The minimum atomic E-state index is -0.896. The molecule has 4 nitrogen and oxygen atoms in total. The molecule has 1 saturated heterocycles. The number of carbonyl (C=O) groups is 2. The molecule has 0 bridgehead atoms. The third-order valence-corrected chi connectivity index (χ3v) is 4.52. The fourth-order valence-electron chi connectivity index (χ4n) is 3.39. The first-order chi connectivity index (χ1) is 7.99. The fraction of sp³-hybridized carbons (Fsp3) is 0.846. The highest BCUT2D eigenvalue weighted by molar-refractivity contribution is 6.04. The predicted molar refractivity (Wildman–Crippen MR) is 65.1 cm³/mol. The van der Waals surface area contributed by atoms with Gasteiger partial charge in [0.25, 0.3) is 0 Å². The number of hydrogen-bond acceptors (Lipinski definition) is 2. The number of hydrogen-bond donors (Lipinski definition) is 1. The third kappa shape index (κ3) is 1.83. The van der Waals surface area contributed by atoms with E-state index in [1.165, 1.54) is 0 Å². The van der Waals surface area contributed by atoms with Gasteiger partial charge in [0, 0.05) is 12.1 Å². The maximum absolute atomic E-state index is 12.7. The molecule has 0 aromatic carbocycles. The number of nitrogens with two attached hydrogens (primary N) is 1. The van der Waals surface area contributed by atoms with Gasteiger partial charge in [0.05, 0.1) is 0 Å². The highest BCUT2D eigenvalue weighted by Gasteiger charge is 2.51. The van der Waals surface area contributed by atoms with Gasteiger partial charge in [-0.1, -0.05) is 12.8 Å². The molecule has 1 saturated carbocycles. The van der Waals surface area contributed by atoms with E-state index < -0.39 is 11.3 Å². The minimum Gasteiger partial charge on any atom is -0.369 e. The van der Waals surface area contributed by atoms with Gasteiger partial charge in [-0.3, -0.25) is 9.59 Å². The van der Waals surface area contributed by atoms with E-state index in [9.17, 15) is 9.59 Å². The van der Waals surface area contributed by atoms with E-state index in [4.69, 9.17) is 5.73 Å². The summed E-state index contributed by atoms with van der Waals surface area (Å²) in [5.74, 6) is -0.439. The van der Waals surface area contributed by atoms with Crippen molar-refractivity contribution in [1.82, 2.24) is 4.90 Å². The number of amides is 2. The number of primary amides is 1. The molecule has 0 aromatic rings. The zero-order chi connectivity index (χ0) is 12.6. The molecule has 1 aliphatic carbocycles. The van der Waals surface area contributed by atoms with E-state index in [0.717, 1.165) is 25.7 Å². The Bertz CT molecular complexity index is 324. The molecule has 0 aromatic heterocycles. The zero-order valence-electron chi connectivity index (χ0n) is 10.7. The summed E-state index contributed by atoms with van der Waals surface area (Å²) in [5, 5.41) is 0. The summed E-state index contributed by atoms with van der Waals surface area (Å²) in [4.78, 5) is 26.3. The lowest BCUT2D eigenvalue weighted by Gasteiger charge is -2.34. The van der Waals surface area contributed by atoms with Gasteiger partial charge < -0.3 is 10.6 Å². The van der Waals surface area contributed by atoms with Gasteiger partial charge in [0.1, 0.15) is 5.41 Å². The van der Waals surface area contributed by atoms with Crippen molar-refractivity contribution in [1.29, 1.82) is 0 Å². The van der Waals surface area contributed by atoms with Crippen molar-refractivity contribution in [3.8, 4) is 0 Å². The lowest BCUT2D eigenvalue weighted by molar-refractivity contribution is -0.151. The van der Waals surface area contributed by atoms with Crippen LogP contribution in [0.15, 0.2) is 0 Å². The molecule has 4 heteroatoms. The van der Waals surface area contributed by atoms with E-state index in [2.05, 4.69) is 13.8 Å². The molecule has 1 heterocycles. The van der Waals surface area contributed by atoms with Gasteiger partial charge in [-0.05, 0) is 39.5 Å². The molecule has 1 unspecified atom stereocenters. The first kappa shape index (κ1) is 12.4. The molecule has 96 valence electrons. The third-order valence-electron chi connectivity index (χ3n) is 4.52. The van der Waals surface area contributed by atoms with Crippen molar-refractivity contribution in [2.24, 2.45) is 11.1 Å². The Balaban J connectivity index is 2.25. The number of rotatable bonds is 2. The summed E-state index contributed by atoms with van der Waals surface area (Å²) in [6, 6.07) is 0.489. The van der Waals surface area contributed by atoms with Crippen LogP contribution in [0.4, 0.5) is 0 Å². The number of nitrogens with zero attached hydrogens (tertiary/aromatic N) is 1. The molecule has 2 fully saturated rings. The lowest BCUT2D eigenvalue weighted by atomic mass is 9.83. The minimum absolute atomic E-state index is 0.0139. The van der Waals surface area contributed by atoms with Gasteiger partial charge in [-0.2, -0.15) is 0 Å². The molecule has 2 rings (SSSR count). The van der Waals surface area contributed by atoms with Crippen LogP contribution >= 0.6 is 0 Å². The Morgan fingerprint density at radius 1 is 1.12 bits per heavy atom. The summed E-state index contributed by atoms with van der Waals surface area (Å²) < 4.78 is 0. The van der Waals surface area contributed by atoms with Gasteiger partial charge in [0.2, 0.25) is 11.8 Å². The quantitative estimate of drug-likeness (QED) is 0.740. The molecule has 0 spiro atoms. The van der Waals surface area contributed by atoms with Crippen LogP contribution in [0.2, 0.25) is 0 Å². The monoisotopic (exact) mass is 238 g/mol. The Hall–Kier alpha value is -1.06. The van der Waals surface area contributed by atoms with Crippen LogP contribution in [0.25, 0.3) is 0 Å². The number of carbonyl (C=O) groups excluding carboxylic acids is 2. The van der Waals surface area contributed by atoms with E-state index >= 15 is 0 Å². The van der Waals surface area contributed by atoms with Crippen molar-refractivity contribution in [2.75, 3.05) is 0 Å². The van der Waals surface area contributed by atoms with Crippen LogP contribution in [-0.2, 0) is 9.59 Å². The second kappa shape index (κ2) is 4.31. The van der Waals surface area contributed by atoms with Crippen LogP contribution in [0.1, 0.15) is 52.4 Å². The average Bonchev–Trinajstić information content (AvgIpc) is 2.86. The van der Waals surface area contributed by atoms with Crippen LogP contribution < -0.4 is 5.73 Å². The topological polar surface area (TPSA) is 63.4 Å². The van der Waals surface area contributed by atoms with Crippen LogP contribution in [0.5, 0.6) is 0 Å². The van der Waals surface area contributed by atoms with Gasteiger partial charge in [0.15, 0.2) is 0 Å². The average molecular weight is 238 g/mol. The van der Waals surface area contributed by atoms with E-state index in [0.29, 0.717) is 12.8 Å². The molecule has 0 radical (unpaired) electrons. The summed E-state index contributed by atoms with van der Waals surface area (Å²) in [7, 11) is 0. The van der Waals surface area contributed by atoms with Crippen LogP contribution in [-0.4, -0.2) is 28.8 Å². The Kier molecular flexibility index (Phi) is 3.15. The molecule has 1 aliphatic heterocycles. The zero-order valence-corrected chi connectivity index (χ0v) is 10.7. The number of likely N-dealkylation sites (tertiary alicyclic amines) is 1. The molecule has 2 amide bonds. The van der Waals surface area contributed by atoms with Gasteiger partial charge in [-0.25, -0.2) is 0 Å². The van der Waals surface area contributed by atoms with E-state index in [-0.39, 0.29) is 18.0 Å². The largest absolute Gasteiger partial charge is 0.369 e. The highest BCUT2D eigenvalue weighted by atomic mass is 16.2. The molecular formula is C13H22N2O2. The summed E-state index contributed by atoms with van der Waals surface area (Å²) >= 11 is 0. The van der Waals surface area contributed by atoms with E-state index in [1.807, 2.05) is 4.90 Å². The smallest absolute Gasteiger partial charge is 0.238 e. The normalized spacial score (nSPS) is 31.8. The second-order valence-corrected chi connectivity index (χ2v) is 5.64. The Morgan fingerprint density at radius 3 is 2.00 bits per heavy atom. The Labute approximate surface area is 103 Å². The molecule has 2 N–H and O–H groups in total. The summed E-state index contributed by atoms with van der Waals surface area (Å²) in [6.45, 7) is 4.12. The molecule has 2 aliphatic rings. The van der Waals surface area contributed by atoms with E-state index in [1.54, 1.807) is 0 Å². The summed E-state index contributed by atoms with van der Waals surface area (Å²) in [6.07, 6.45) is 5.20. The SMILES string of the molecule is CC1CC[C@H](C)N1C(=O)C1(C(N)=O)CCCC1. The van der Waals surface area contributed by atoms with Crippen molar-refractivity contribution in [3.63, 3.8) is 0 Å². The van der Waals surface area contributed by atoms with Crippen molar-refractivity contribution in [2.45, 2.75) is 64.5 Å². The maximum atomic E-state index is 12.7. The highest BCUT2D eigenvalue weighted by Crippen LogP contribution is 2.41. The van der Waals surface area contributed by atoms with Crippen molar-refractivity contribution < 1.29 is 9.59 Å². The first-order valence-corrected chi connectivity index (χ1v) is 6.62. The second-order valence-electron chi connectivity index (χ2n) is 5.64. The fourth-order valence-corrected chi connectivity index (χ4v) is 3.39. The summed E-state index contributed by atoms with van der Waals surface area (Å²) in [5.41, 5.74) is 4.61. The lowest BCUT2D eigenvalue weighted by Crippen LogP contribution is -2.52. The maximum Gasteiger partial charge on any atom is 0.238 e. The van der Waals surface area contributed by atoms with Crippen LogP contribution in [0.3, 0.4) is 0 Å². The van der Waals surface area contributed by atoms with Gasteiger partial charge >= 0.3 is 0 Å². The molecular weight excluding hydrogens is 216 g/mol. The van der Waals surface area contributed by atoms with Crippen LogP contribution in [0, 0.1) is 5.41 Å². The standard InChI is InChI=1S/C13H22N2O2/c1-9-5-6-10(2)15(9)12(17)13(11(14)16)7-3-4-8-13/h9-10H,3-8H2,1-2H3,(H2,14,16)/t9-,10?/m0/s1. The first-order valence-electron chi connectivity index (χ1n) is 6.62. The molecule has 17 heavy (non-hydrogen) atoms.